The summed E-state index contributed by atoms with van der Waals surface area (Å²) in [5.74, 6) is 1.79. The lowest BCUT2D eigenvalue weighted by molar-refractivity contribution is 0.0947. The van der Waals surface area contributed by atoms with E-state index in [2.05, 4.69) is 21.2 Å². The summed E-state index contributed by atoms with van der Waals surface area (Å²) in [7, 11) is 3.16. The van der Waals surface area contributed by atoms with Gasteiger partial charge in [-0.15, -0.1) is 0 Å². The molecule has 2 aromatic carbocycles. The van der Waals surface area contributed by atoms with E-state index in [-0.39, 0.29) is 5.91 Å². The fraction of sp³-hybridized carbons (Fsp3) is 0.235. The van der Waals surface area contributed by atoms with Crippen molar-refractivity contribution in [3.63, 3.8) is 0 Å². The minimum atomic E-state index is -0.135. The second kappa shape index (κ2) is 8.43. The molecule has 0 bridgehead atoms. The van der Waals surface area contributed by atoms with Crippen LogP contribution in [-0.4, -0.2) is 33.3 Å². The van der Waals surface area contributed by atoms with E-state index in [1.54, 1.807) is 44.6 Å². The number of amides is 1. The van der Waals surface area contributed by atoms with Gasteiger partial charge in [0.05, 0.1) is 20.8 Å². The lowest BCUT2D eigenvalue weighted by Crippen LogP contribution is -2.28. The predicted molar refractivity (Wildman–Crippen MR) is 91.5 cm³/mol. The third-order valence-corrected chi connectivity index (χ3v) is 3.62. The molecule has 0 saturated heterocycles. The van der Waals surface area contributed by atoms with Gasteiger partial charge in [-0.3, -0.25) is 4.79 Å². The molecule has 1 N–H and O–H groups in total. The van der Waals surface area contributed by atoms with Gasteiger partial charge in [0.15, 0.2) is 0 Å². The first-order valence-electron chi connectivity index (χ1n) is 7.02. The van der Waals surface area contributed by atoms with Crippen LogP contribution < -0.4 is 19.5 Å². The second-order valence-corrected chi connectivity index (χ2v) is 5.58. The van der Waals surface area contributed by atoms with Gasteiger partial charge in [-0.2, -0.15) is 0 Å². The van der Waals surface area contributed by atoms with Gasteiger partial charge in [0, 0.05) is 28.2 Å². The van der Waals surface area contributed by atoms with Crippen molar-refractivity contribution < 1.29 is 19.0 Å². The van der Waals surface area contributed by atoms with Gasteiger partial charge in [-0.05, 0) is 24.3 Å². The van der Waals surface area contributed by atoms with Crippen molar-refractivity contribution in [2.24, 2.45) is 0 Å². The number of methoxy groups -OCH3 is 2. The van der Waals surface area contributed by atoms with Crippen LogP contribution in [0.4, 0.5) is 0 Å². The monoisotopic (exact) mass is 379 g/mol. The van der Waals surface area contributed by atoms with Crippen LogP contribution in [0.1, 0.15) is 10.4 Å². The van der Waals surface area contributed by atoms with Gasteiger partial charge < -0.3 is 19.5 Å². The summed E-state index contributed by atoms with van der Waals surface area (Å²) >= 11 is 3.34. The number of nitrogens with one attached hydrogen (secondary N) is 1. The Bertz CT molecular complexity index is 636. The predicted octanol–water partition coefficient (Wildman–Crippen LogP) is 3.28. The maximum Gasteiger partial charge on any atom is 0.251 e. The molecule has 0 aliphatic heterocycles. The van der Waals surface area contributed by atoms with Crippen LogP contribution in [0.3, 0.4) is 0 Å². The molecule has 5 nitrogen and oxygen atoms in total. The average Bonchev–Trinajstić information content (AvgIpc) is 2.58. The van der Waals surface area contributed by atoms with E-state index in [1.807, 2.05) is 12.1 Å². The number of hydrogen-bond acceptors (Lipinski definition) is 4. The van der Waals surface area contributed by atoms with Crippen LogP contribution in [0, 0.1) is 0 Å². The summed E-state index contributed by atoms with van der Waals surface area (Å²) in [4.78, 5) is 11.9. The maximum atomic E-state index is 11.9. The lowest BCUT2D eigenvalue weighted by Gasteiger charge is -2.11. The van der Waals surface area contributed by atoms with Gasteiger partial charge in [-0.1, -0.05) is 15.9 Å². The van der Waals surface area contributed by atoms with Crippen LogP contribution in [0.2, 0.25) is 0 Å². The third-order valence-electron chi connectivity index (χ3n) is 3.09. The zero-order chi connectivity index (χ0) is 16.7. The van der Waals surface area contributed by atoms with Crippen molar-refractivity contribution in [2.75, 3.05) is 27.4 Å². The van der Waals surface area contributed by atoms with Crippen LogP contribution in [0.25, 0.3) is 0 Å². The molecule has 6 heteroatoms. The molecular formula is C17H18BrNO4. The van der Waals surface area contributed by atoms with Crippen LogP contribution >= 0.6 is 15.9 Å². The first-order chi connectivity index (χ1) is 11.1. The standard InChI is InChI=1S/C17H18BrNO4/c1-21-14-9-15(22-2)11-16(10-14)23-8-7-19-17(20)12-3-5-13(18)6-4-12/h3-6,9-11H,7-8H2,1-2H3,(H,19,20). The van der Waals surface area contributed by atoms with Crippen LogP contribution in [0.15, 0.2) is 46.9 Å². The molecule has 0 saturated carbocycles. The topological polar surface area (TPSA) is 56.8 Å². The highest BCUT2D eigenvalue weighted by Gasteiger charge is 2.05. The quantitative estimate of drug-likeness (QED) is 0.750. The van der Waals surface area contributed by atoms with Gasteiger partial charge in [0.2, 0.25) is 0 Å². The molecule has 0 unspecified atom stereocenters. The van der Waals surface area contributed by atoms with Gasteiger partial charge in [-0.25, -0.2) is 0 Å². The first kappa shape index (κ1) is 17.1. The molecule has 122 valence electrons. The molecule has 1 amide bonds. The van der Waals surface area contributed by atoms with Crippen LogP contribution in [-0.2, 0) is 0 Å². The van der Waals surface area contributed by atoms with Crippen LogP contribution in [0.5, 0.6) is 17.2 Å². The summed E-state index contributed by atoms with van der Waals surface area (Å²) in [5, 5.41) is 2.80. The highest BCUT2D eigenvalue weighted by Crippen LogP contribution is 2.27. The highest BCUT2D eigenvalue weighted by atomic mass is 79.9. The van der Waals surface area contributed by atoms with Crippen molar-refractivity contribution in [3.8, 4) is 17.2 Å². The molecule has 0 spiro atoms. The van der Waals surface area contributed by atoms with Crippen molar-refractivity contribution in [3.05, 3.63) is 52.5 Å². The maximum absolute atomic E-state index is 11.9. The Morgan fingerprint density at radius 2 is 1.57 bits per heavy atom. The molecule has 0 atom stereocenters. The number of carbonyl (C=O) groups excluding carboxylic acids is 1. The minimum absolute atomic E-state index is 0.135. The Morgan fingerprint density at radius 1 is 1.00 bits per heavy atom. The van der Waals surface area contributed by atoms with Crippen molar-refractivity contribution >= 4 is 21.8 Å². The summed E-state index contributed by atoms with van der Waals surface area (Å²) in [6, 6.07) is 12.5. The molecule has 0 fully saturated rings. The fourth-order valence-electron chi connectivity index (χ4n) is 1.90. The van der Waals surface area contributed by atoms with Gasteiger partial charge in [0.1, 0.15) is 23.9 Å². The fourth-order valence-corrected chi connectivity index (χ4v) is 2.17. The van der Waals surface area contributed by atoms with E-state index in [4.69, 9.17) is 14.2 Å². The van der Waals surface area contributed by atoms with Crippen molar-refractivity contribution in [1.82, 2.24) is 5.32 Å². The largest absolute Gasteiger partial charge is 0.496 e. The second-order valence-electron chi connectivity index (χ2n) is 4.66. The van der Waals surface area contributed by atoms with E-state index in [9.17, 15) is 4.79 Å². The van der Waals surface area contributed by atoms with E-state index in [0.29, 0.717) is 36.0 Å². The number of rotatable bonds is 7. The SMILES string of the molecule is COc1cc(OC)cc(OCCNC(=O)c2ccc(Br)cc2)c1. The zero-order valence-electron chi connectivity index (χ0n) is 13.0. The number of benzene rings is 2. The summed E-state index contributed by atoms with van der Waals surface area (Å²) in [6.07, 6.45) is 0. The molecular weight excluding hydrogens is 362 g/mol. The van der Waals surface area contributed by atoms with E-state index < -0.39 is 0 Å². The van der Waals surface area contributed by atoms with Crippen molar-refractivity contribution in [1.29, 1.82) is 0 Å². The summed E-state index contributed by atoms with van der Waals surface area (Å²) in [5.41, 5.74) is 0.608. The molecule has 0 radical (unpaired) electrons. The van der Waals surface area contributed by atoms with Crippen molar-refractivity contribution in [2.45, 2.75) is 0 Å². The Morgan fingerprint density at radius 3 is 2.13 bits per heavy atom. The Balaban J connectivity index is 1.83. The number of halogens is 1. The Kier molecular flexibility index (Phi) is 6.29. The van der Waals surface area contributed by atoms with E-state index in [1.165, 1.54) is 0 Å². The molecule has 0 aromatic heterocycles. The highest BCUT2D eigenvalue weighted by molar-refractivity contribution is 9.10. The lowest BCUT2D eigenvalue weighted by atomic mass is 10.2. The summed E-state index contributed by atoms with van der Waals surface area (Å²) < 4.78 is 16.9. The minimum Gasteiger partial charge on any atom is -0.496 e. The number of ether oxygens (including phenoxy) is 3. The number of hydrogen-bond donors (Lipinski definition) is 1. The average molecular weight is 380 g/mol. The van der Waals surface area contributed by atoms with E-state index in [0.717, 1.165) is 4.47 Å². The smallest absolute Gasteiger partial charge is 0.251 e. The van der Waals surface area contributed by atoms with E-state index >= 15 is 0 Å². The molecule has 2 rings (SSSR count). The van der Waals surface area contributed by atoms with Gasteiger partial charge in [0.25, 0.3) is 5.91 Å². The Hall–Kier alpha value is -2.21. The third kappa shape index (κ3) is 5.17. The molecule has 2 aromatic rings. The molecule has 0 aliphatic carbocycles. The molecule has 0 aliphatic rings. The molecule has 23 heavy (non-hydrogen) atoms. The molecule has 0 heterocycles. The van der Waals surface area contributed by atoms with Gasteiger partial charge >= 0.3 is 0 Å². The Labute approximate surface area is 143 Å². The normalized spacial score (nSPS) is 10.0. The first-order valence-corrected chi connectivity index (χ1v) is 7.81. The summed E-state index contributed by atoms with van der Waals surface area (Å²) in [6.45, 7) is 0.743. The zero-order valence-corrected chi connectivity index (χ0v) is 14.6. The number of carbonyl (C=O) groups is 1.